The average molecular weight is 300 g/mol. The van der Waals surface area contributed by atoms with Crippen LogP contribution in [-0.2, 0) is 11.3 Å². The van der Waals surface area contributed by atoms with E-state index in [-0.39, 0.29) is 24.5 Å². The van der Waals surface area contributed by atoms with Crippen LogP contribution < -0.4 is 11.1 Å². The van der Waals surface area contributed by atoms with E-state index in [9.17, 15) is 4.79 Å². The summed E-state index contributed by atoms with van der Waals surface area (Å²) >= 11 is 0. The van der Waals surface area contributed by atoms with Crippen molar-refractivity contribution in [3.63, 3.8) is 0 Å². The van der Waals surface area contributed by atoms with E-state index in [4.69, 9.17) is 5.73 Å². The van der Waals surface area contributed by atoms with Gasteiger partial charge in [-0.3, -0.25) is 4.79 Å². The lowest BCUT2D eigenvalue weighted by Gasteiger charge is -2.26. The molecular formula is C15H20N6O. The number of aromatic nitrogens is 4. The van der Waals surface area contributed by atoms with E-state index in [0.717, 1.165) is 31.2 Å². The van der Waals surface area contributed by atoms with Gasteiger partial charge in [-0.1, -0.05) is 30.3 Å². The highest BCUT2D eigenvalue weighted by molar-refractivity contribution is 5.75. The molecule has 0 unspecified atom stereocenters. The first-order valence-electron chi connectivity index (χ1n) is 7.59. The van der Waals surface area contributed by atoms with Crippen molar-refractivity contribution >= 4 is 5.91 Å². The normalized spacial score (nSPS) is 21.5. The molecule has 1 aliphatic rings. The van der Waals surface area contributed by atoms with E-state index >= 15 is 0 Å². The Morgan fingerprint density at radius 1 is 1.23 bits per heavy atom. The number of amides is 1. The first-order chi connectivity index (χ1) is 10.7. The quantitative estimate of drug-likeness (QED) is 0.867. The third-order valence-electron chi connectivity index (χ3n) is 3.91. The molecule has 1 saturated carbocycles. The Balaban J connectivity index is 1.55. The molecule has 7 heteroatoms. The number of rotatable bonds is 4. The van der Waals surface area contributed by atoms with Gasteiger partial charge in [-0.2, -0.15) is 4.80 Å². The van der Waals surface area contributed by atoms with Gasteiger partial charge in [-0.05, 0) is 30.9 Å². The van der Waals surface area contributed by atoms with Crippen molar-refractivity contribution in [2.45, 2.75) is 44.3 Å². The van der Waals surface area contributed by atoms with Crippen molar-refractivity contribution in [1.29, 1.82) is 0 Å². The zero-order valence-electron chi connectivity index (χ0n) is 12.4. The summed E-state index contributed by atoms with van der Waals surface area (Å²) in [5.74, 6) is 0.439. The molecule has 0 atom stereocenters. The molecule has 3 rings (SSSR count). The van der Waals surface area contributed by atoms with Crippen molar-refractivity contribution in [1.82, 2.24) is 25.5 Å². The lowest BCUT2D eigenvalue weighted by Crippen LogP contribution is -2.41. The summed E-state index contributed by atoms with van der Waals surface area (Å²) in [5, 5.41) is 15.2. The summed E-state index contributed by atoms with van der Waals surface area (Å²) in [7, 11) is 0. The fraction of sp³-hybridized carbons (Fsp3) is 0.467. The van der Waals surface area contributed by atoms with Crippen LogP contribution in [0.15, 0.2) is 30.3 Å². The maximum Gasteiger partial charge on any atom is 0.243 e. The second-order valence-corrected chi connectivity index (χ2v) is 5.69. The first kappa shape index (κ1) is 14.6. The van der Waals surface area contributed by atoms with E-state index in [1.54, 1.807) is 0 Å². The molecule has 2 aromatic rings. The lowest BCUT2D eigenvalue weighted by molar-refractivity contribution is -0.123. The third kappa shape index (κ3) is 3.67. The number of carbonyl (C=O) groups is 1. The molecule has 1 aromatic carbocycles. The van der Waals surface area contributed by atoms with Crippen LogP contribution in [0.1, 0.15) is 25.7 Å². The molecule has 0 saturated heterocycles. The molecule has 0 spiro atoms. The van der Waals surface area contributed by atoms with Gasteiger partial charge in [-0.15, -0.1) is 10.2 Å². The highest BCUT2D eigenvalue weighted by Crippen LogP contribution is 2.17. The summed E-state index contributed by atoms with van der Waals surface area (Å²) in [4.78, 5) is 13.4. The number of tetrazole rings is 1. The number of benzene rings is 1. The summed E-state index contributed by atoms with van der Waals surface area (Å²) in [5.41, 5.74) is 6.75. The Labute approximate surface area is 128 Å². The van der Waals surface area contributed by atoms with Gasteiger partial charge in [0.2, 0.25) is 11.7 Å². The molecule has 7 nitrogen and oxygen atoms in total. The zero-order valence-corrected chi connectivity index (χ0v) is 12.4. The smallest absolute Gasteiger partial charge is 0.243 e. The van der Waals surface area contributed by atoms with E-state index in [0.29, 0.717) is 5.82 Å². The van der Waals surface area contributed by atoms with Gasteiger partial charge < -0.3 is 11.1 Å². The lowest BCUT2D eigenvalue weighted by atomic mass is 9.92. The van der Waals surface area contributed by atoms with Gasteiger partial charge in [0.1, 0.15) is 6.54 Å². The van der Waals surface area contributed by atoms with Gasteiger partial charge >= 0.3 is 0 Å². The summed E-state index contributed by atoms with van der Waals surface area (Å²) in [6.45, 7) is 0.0857. The highest BCUT2D eigenvalue weighted by atomic mass is 16.2. The fourth-order valence-electron chi connectivity index (χ4n) is 2.68. The van der Waals surface area contributed by atoms with Gasteiger partial charge in [0, 0.05) is 17.6 Å². The summed E-state index contributed by atoms with van der Waals surface area (Å²) < 4.78 is 0. The highest BCUT2D eigenvalue weighted by Gasteiger charge is 2.20. The number of carbonyl (C=O) groups excluding carboxylic acids is 1. The van der Waals surface area contributed by atoms with Crippen LogP contribution in [0.4, 0.5) is 0 Å². The Bertz CT molecular complexity index is 618. The van der Waals surface area contributed by atoms with Crippen LogP contribution in [0.25, 0.3) is 11.4 Å². The number of hydrogen-bond acceptors (Lipinski definition) is 5. The SMILES string of the molecule is NC1CCC(NC(=O)Cn2nnc(-c3ccccc3)n2)CC1. The molecule has 0 radical (unpaired) electrons. The number of hydrogen-bond donors (Lipinski definition) is 2. The molecule has 22 heavy (non-hydrogen) atoms. The van der Waals surface area contributed by atoms with E-state index in [1.165, 1.54) is 4.80 Å². The van der Waals surface area contributed by atoms with Crippen LogP contribution in [0, 0.1) is 0 Å². The maximum absolute atomic E-state index is 12.0. The topological polar surface area (TPSA) is 98.7 Å². The number of nitrogens with two attached hydrogens (primary N) is 1. The van der Waals surface area contributed by atoms with Crippen molar-refractivity contribution in [2.24, 2.45) is 5.73 Å². The van der Waals surface area contributed by atoms with Gasteiger partial charge in [0.15, 0.2) is 0 Å². The van der Waals surface area contributed by atoms with Crippen molar-refractivity contribution < 1.29 is 4.79 Å². The minimum Gasteiger partial charge on any atom is -0.352 e. The second-order valence-electron chi connectivity index (χ2n) is 5.69. The Kier molecular flexibility index (Phi) is 4.43. The molecule has 0 bridgehead atoms. The van der Waals surface area contributed by atoms with Gasteiger partial charge in [0.05, 0.1) is 0 Å². The Morgan fingerprint density at radius 2 is 1.95 bits per heavy atom. The molecule has 1 aromatic heterocycles. The van der Waals surface area contributed by atoms with E-state index < -0.39 is 0 Å². The predicted molar refractivity (Wildman–Crippen MR) is 81.6 cm³/mol. The molecule has 3 N–H and O–H groups in total. The summed E-state index contributed by atoms with van der Waals surface area (Å²) in [6.07, 6.45) is 3.80. The molecule has 1 amide bonds. The number of nitrogens with zero attached hydrogens (tertiary/aromatic N) is 4. The van der Waals surface area contributed by atoms with Crippen molar-refractivity contribution in [3.05, 3.63) is 30.3 Å². The van der Waals surface area contributed by atoms with Crippen LogP contribution in [0.5, 0.6) is 0 Å². The average Bonchev–Trinajstić information content (AvgIpc) is 2.99. The Hall–Kier alpha value is -2.28. The molecular weight excluding hydrogens is 280 g/mol. The minimum atomic E-state index is -0.0857. The molecule has 0 aliphatic heterocycles. The molecule has 1 fully saturated rings. The summed E-state index contributed by atoms with van der Waals surface area (Å²) in [6, 6.07) is 10.1. The van der Waals surface area contributed by atoms with Crippen LogP contribution in [0.3, 0.4) is 0 Å². The molecule has 1 aliphatic carbocycles. The maximum atomic E-state index is 12.0. The van der Waals surface area contributed by atoms with Gasteiger partial charge in [-0.25, -0.2) is 0 Å². The predicted octanol–water partition coefficient (Wildman–Crippen LogP) is 0.726. The minimum absolute atomic E-state index is 0.0857. The standard InChI is InChI=1S/C15H20N6O/c16-12-6-8-13(9-7-12)17-14(22)10-21-19-15(18-20-21)11-4-2-1-3-5-11/h1-5,12-13H,6-10,16H2,(H,17,22). The van der Waals surface area contributed by atoms with E-state index in [1.807, 2.05) is 30.3 Å². The van der Waals surface area contributed by atoms with Crippen molar-refractivity contribution in [2.75, 3.05) is 0 Å². The molecule has 1 heterocycles. The largest absolute Gasteiger partial charge is 0.352 e. The Morgan fingerprint density at radius 3 is 2.68 bits per heavy atom. The fourth-order valence-corrected chi connectivity index (χ4v) is 2.68. The van der Waals surface area contributed by atoms with Crippen LogP contribution >= 0.6 is 0 Å². The monoisotopic (exact) mass is 300 g/mol. The van der Waals surface area contributed by atoms with Crippen LogP contribution in [0.2, 0.25) is 0 Å². The van der Waals surface area contributed by atoms with Gasteiger partial charge in [0.25, 0.3) is 0 Å². The van der Waals surface area contributed by atoms with Crippen LogP contribution in [-0.4, -0.2) is 38.2 Å². The van der Waals surface area contributed by atoms with E-state index in [2.05, 4.69) is 20.7 Å². The number of nitrogens with one attached hydrogen (secondary N) is 1. The zero-order chi connectivity index (χ0) is 15.4. The van der Waals surface area contributed by atoms with Crippen molar-refractivity contribution in [3.8, 4) is 11.4 Å². The molecule has 116 valence electrons. The first-order valence-corrected chi connectivity index (χ1v) is 7.59. The second kappa shape index (κ2) is 6.65. The third-order valence-corrected chi connectivity index (χ3v) is 3.91.